The minimum Gasteiger partial charge on any atom is -0.350 e. The predicted octanol–water partition coefficient (Wildman–Crippen LogP) is 2.15. The molecule has 0 aliphatic carbocycles. The molecule has 1 aromatic carbocycles. The van der Waals surface area contributed by atoms with Crippen molar-refractivity contribution in [1.82, 2.24) is 9.97 Å². The first kappa shape index (κ1) is 12.3. The third-order valence-corrected chi connectivity index (χ3v) is 2.89. The number of nitrogens with one attached hydrogen (secondary N) is 1. The highest BCUT2D eigenvalue weighted by molar-refractivity contribution is 14.1. The Labute approximate surface area is 114 Å². The van der Waals surface area contributed by atoms with Gasteiger partial charge in [-0.2, -0.15) is 0 Å². The maximum Gasteiger partial charge on any atom is 0.222 e. The third-order valence-electron chi connectivity index (χ3n) is 2.33. The number of nitrogens with two attached hydrogens (primary N) is 1. The Hall–Kier alpha value is -1.21. The smallest absolute Gasteiger partial charge is 0.222 e. The van der Waals surface area contributed by atoms with Gasteiger partial charge in [0.25, 0.3) is 0 Å². The highest BCUT2D eigenvalue weighted by atomic mass is 127. The van der Waals surface area contributed by atoms with Crippen LogP contribution < -0.4 is 11.1 Å². The van der Waals surface area contributed by atoms with Gasteiger partial charge in [0, 0.05) is 29.1 Å². The highest BCUT2D eigenvalue weighted by Gasteiger charge is 1.97. The number of benzene rings is 1. The quantitative estimate of drug-likeness (QED) is 0.838. The van der Waals surface area contributed by atoms with Gasteiger partial charge in [0.05, 0.1) is 0 Å². The minimum atomic E-state index is 0.577. The Bertz CT molecular complexity index is 467. The Morgan fingerprint density at radius 1 is 1.06 bits per heavy atom. The van der Waals surface area contributed by atoms with E-state index in [0.717, 1.165) is 9.13 Å². The maximum absolute atomic E-state index is 5.54. The van der Waals surface area contributed by atoms with Gasteiger partial charge in [-0.3, -0.25) is 0 Å². The van der Waals surface area contributed by atoms with E-state index in [4.69, 9.17) is 5.73 Å². The fourth-order valence-electron chi connectivity index (χ4n) is 1.38. The average Bonchev–Trinajstić information content (AvgIpc) is 2.39. The first-order chi connectivity index (χ1) is 8.28. The van der Waals surface area contributed by atoms with Crippen LogP contribution in [-0.2, 0) is 13.1 Å². The molecule has 0 saturated carbocycles. The molecule has 0 saturated heterocycles. The molecule has 5 heteroatoms. The Morgan fingerprint density at radius 2 is 1.65 bits per heavy atom. The van der Waals surface area contributed by atoms with Crippen LogP contribution in [0.1, 0.15) is 11.1 Å². The summed E-state index contributed by atoms with van der Waals surface area (Å²) in [4.78, 5) is 8.35. The molecule has 88 valence electrons. The number of nitrogens with zero attached hydrogens (tertiary/aromatic N) is 2. The highest BCUT2D eigenvalue weighted by Crippen LogP contribution is 2.07. The van der Waals surface area contributed by atoms with Gasteiger partial charge in [0.2, 0.25) is 5.95 Å². The molecule has 3 N–H and O–H groups in total. The second-order valence-electron chi connectivity index (χ2n) is 3.60. The number of aromatic nitrogens is 2. The fraction of sp³-hybridized carbons (Fsp3) is 0.167. The number of hydrogen-bond acceptors (Lipinski definition) is 4. The van der Waals surface area contributed by atoms with Crippen molar-refractivity contribution < 1.29 is 0 Å². The number of rotatable bonds is 4. The zero-order valence-electron chi connectivity index (χ0n) is 9.23. The van der Waals surface area contributed by atoms with E-state index >= 15 is 0 Å². The summed E-state index contributed by atoms with van der Waals surface area (Å²) in [5, 5.41) is 3.17. The summed E-state index contributed by atoms with van der Waals surface area (Å²) >= 11 is 2.18. The van der Waals surface area contributed by atoms with Crippen molar-refractivity contribution in [2.24, 2.45) is 5.73 Å². The second-order valence-corrected chi connectivity index (χ2v) is 4.84. The number of halogens is 1. The molecule has 0 fully saturated rings. The first-order valence-electron chi connectivity index (χ1n) is 5.27. The fourth-order valence-corrected chi connectivity index (χ4v) is 1.66. The summed E-state index contributed by atoms with van der Waals surface area (Å²) in [6, 6.07) is 8.18. The monoisotopic (exact) mass is 340 g/mol. The predicted molar refractivity (Wildman–Crippen MR) is 76.4 cm³/mol. The summed E-state index contributed by atoms with van der Waals surface area (Å²) in [6.45, 7) is 1.29. The Balaban J connectivity index is 1.95. The molecule has 0 aliphatic heterocycles. The van der Waals surface area contributed by atoms with Gasteiger partial charge in [-0.1, -0.05) is 24.3 Å². The van der Waals surface area contributed by atoms with E-state index in [2.05, 4.69) is 50.0 Å². The lowest BCUT2D eigenvalue weighted by molar-refractivity contribution is 1.03. The molecule has 1 aromatic heterocycles. The lowest BCUT2D eigenvalue weighted by Crippen LogP contribution is -2.04. The molecule has 17 heavy (non-hydrogen) atoms. The van der Waals surface area contributed by atoms with Crippen molar-refractivity contribution in [3.8, 4) is 0 Å². The van der Waals surface area contributed by atoms with E-state index in [1.807, 2.05) is 12.1 Å². The maximum atomic E-state index is 5.54. The number of hydrogen-bond donors (Lipinski definition) is 2. The van der Waals surface area contributed by atoms with E-state index in [-0.39, 0.29) is 0 Å². The van der Waals surface area contributed by atoms with Crippen LogP contribution in [-0.4, -0.2) is 9.97 Å². The average molecular weight is 340 g/mol. The molecule has 0 bridgehead atoms. The van der Waals surface area contributed by atoms with Gasteiger partial charge >= 0.3 is 0 Å². The molecule has 4 nitrogen and oxygen atoms in total. The van der Waals surface area contributed by atoms with E-state index in [9.17, 15) is 0 Å². The topological polar surface area (TPSA) is 63.8 Å². The molecule has 0 radical (unpaired) electrons. The van der Waals surface area contributed by atoms with Crippen LogP contribution in [0, 0.1) is 3.57 Å². The molecule has 0 atom stereocenters. The van der Waals surface area contributed by atoms with Crippen LogP contribution in [0.15, 0.2) is 36.7 Å². The van der Waals surface area contributed by atoms with E-state index in [1.165, 1.54) is 5.56 Å². The van der Waals surface area contributed by atoms with Gasteiger partial charge in [0.1, 0.15) is 0 Å². The first-order valence-corrected chi connectivity index (χ1v) is 6.35. The number of anilines is 1. The van der Waals surface area contributed by atoms with Gasteiger partial charge in [-0.25, -0.2) is 9.97 Å². The van der Waals surface area contributed by atoms with Crippen molar-refractivity contribution >= 4 is 28.5 Å². The second kappa shape index (κ2) is 5.92. The third kappa shape index (κ3) is 3.64. The minimum absolute atomic E-state index is 0.577. The molecule has 0 spiro atoms. The largest absolute Gasteiger partial charge is 0.350 e. The Morgan fingerprint density at radius 3 is 2.24 bits per heavy atom. The zero-order valence-corrected chi connectivity index (χ0v) is 11.4. The summed E-state index contributed by atoms with van der Waals surface area (Å²) in [5.41, 5.74) is 7.87. The van der Waals surface area contributed by atoms with Crippen molar-refractivity contribution in [1.29, 1.82) is 0 Å². The normalized spacial score (nSPS) is 10.2. The summed E-state index contributed by atoms with van der Waals surface area (Å²) < 4.78 is 1.03. The van der Waals surface area contributed by atoms with Crippen LogP contribution in [0.2, 0.25) is 0 Å². The van der Waals surface area contributed by atoms with Crippen LogP contribution >= 0.6 is 22.6 Å². The van der Waals surface area contributed by atoms with E-state index < -0.39 is 0 Å². The van der Waals surface area contributed by atoms with Crippen LogP contribution in [0.4, 0.5) is 5.95 Å². The van der Waals surface area contributed by atoms with Crippen molar-refractivity contribution in [3.05, 3.63) is 51.4 Å². The summed E-state index contributed by atoms with van der Waals surface area (Å²) in [6.07, 6.45) is 3.57. The molecule has 2 rings (SSSR count). The summed E-state index contributed by atoms with van der Waals surface area (Å²) in [7, 11) is 0. The van der Waals surface area contributed by atoms with Gasteiger partial charge < -0.3 is 11.1 Å². The molecule has 0 unspecified atom stereocenters. The molecule has 0 aliphatic rings. The lowest BCUT2D eigenvalue weighted by Gasteiger charge is -2.05. The van der Waals surface area contributed by atoms with Crippen LogP contribution in [0.5, 0.6) is 0 Å². The molecule has 0 amide bonds. The molecular formula is C12H13IN4. The van der Waals surface area contributed by atoms with Crippen molar-refractivity contribution in [2.45, 2.75) is 13.1 Å². The van der Waals surface area contributed by atoms with Gasteiger partial charge in [0.15, 0.2) is 0 Å². The molecule has 2 aromatic rings. The van der Waals surface area contributed by atoms with Crippen molar-refractivity contribution in [2.75, 3.05) is 5.32 Å². The van der Waals surface area contributed by atoms with E-state index in [1.54, 1.807) is 12.4 Å². The summed E-state index contributed by atoms with van der Waals surface area (Å²) in [5.74, 6) is 0.647. The lowest BCUT2D eigenvalue weighted by atomic mass is 10.1. The molecule has 1 heterocycles. The van der Waals surface area contributed by atoms with Gasteiger partial charge in [-0.05, 0) is 33.7 Å². The van der Waals surface area contributed by atoms with Gasteiger partial charge in [-0.15, -0.1) is 0 Å². The van der Waals surface area contributed by atoms with E-state index in [0.29, 0.717) is 19.0 Å². The zero-order chi connectivity index (χ0) is 12.1. The molecular weight excluding hydrogens is 327 g/mol. The van der Waals surface area contributed by atoms with Crippen molar-refractivity contribution in [3.63, 3.8) is 0 Å². The van der Waals surface area contributed by atoms with Crippen LogP contribution in [0.3, 0.4) is 0 Å². The SMILES string of the molecule is NCc1ccc(CNc2ncc(I)cn2)cc1. The van der Waals surface area contributed by atoms with Crippen LogP contribution in [0.25, 0.3) is 0 Å². The standard InChI is InChI=1S/C12H13IN4/c13-11-7-16-12(17-8-11)15-6-10-3-1-9(5-14)2-4-10/h1-4,7-8H,5-6,14H2,(H,15,16,17). The Kier molecular flexibility index (Phi) is 4.27.